The summed E-state index contributed by atoms with van der Waals surface area (Å²) in [6.45, 7) is 4.40. The van der Waals surface area contributed by atoms with Crippen LogP contribution in [0.4, 0.5) is 0 Å². The number of ether oxygens (including phenoxy) is 1. The first kappa shape index (κ1) is 13.5. The van der Waals surface area contributed by atoms with Gasteiger partial charge in [-0.05, 0) is 38.5 Å². The summed E-state index contributed by atoms with van der Waals surface area (Å²) in [4.78, 5) is 11.5. The standard InChI is InChI=1S/C12H24N2O2/c1-10(13)4-2-6-12(15)14-8-11-5-3-7-16-9-11/h10-11H,2-9,13H2,1H3,(H,14,15). The van der Waals surface area contributed by atoms with E-state index in [2.05, 4.69) is 5.32 Å². The van der Waals surface area contributed by atoms with Gasteiger partial charge >= 0.3 is 0 Å². The Balaban J connectivity index is 2.00. The molecule has 1 rings (SSSR count). The van der Waals surface area contributed by atoms with E-state index < -0.39 is 0 Å². The molecule has 16 heavy (non-hydrogen) atoms. The lowest BCUT2D eigenvalue weighted by Gasteiger charge is -2.22. The van der Waals surface area contributed by atoms with E-state index in [0.717, 1.165) is 39.0 Å². The van der Waals surface area contributed by atoms with Crippen molar-refractivity contribution in [2.24, 2.45) is 11.7 Å². The van der Waals surface area contributed by atoms with Crippen LogP contribution in [0.5, 0.6) is 0 Å². The summed E-state index contributed by atoms with van der Waals surface area (Å²) in [6, 6.07) is 0.194. The molecule has 0 radical (unpaired) electrons. The topological polar surface area (TPSA) is 64.4 Å². The molecule has 4 heteroatoms. The molecule has 4 nitrogen and oxygen atoms in total. The third kappa shape index (κ3) is 6.08. The Kier molecular flexibility index (Phi) is 6.42. The third-order valence-corrected chi connectivity index (χ3v) is 2.91. The molecule has 0 aromatic carbocycles. The zero-order chi connectivity index (χ0) is 11.8. The number of rotatable bonds is 6. The number of hydrogen-bond acceptors (Lipinski definition) is 3. The quantitative estimate of drug-likeness (QED) is 0.714. The van der Waals surface area contributed by atoms with Gasteiger partial charge in [0.15, 0.2) is 0 Å². The summed E-state index contributed by atoms with van der Waals surface area (Å²) in [5.74, 6) is 0.650. The van der Waals surface area contributed by atoms with E-state index in [1.807, 2.05) is 6.92 Å². The molecule has 0 bridgehead atoms. The summed E-state index contributed by atoms with van der Waals surface area (Å²) in [5, 5.41) is 2.97. The Morgan fingerprint density at radius 2 is 2.44 bits per heavy atom. The van der Waals surface area contributed by atoms with Crippen LogP contribution in [0.15, 0.2) is 0 Å². The maximum absolute atomic E-state index is 11.5. The van der Waals surface area contributed by atoms with E-state index in [1.54, 1.807) is 0 Å². The van der Waals surface area contributed by atoms with E-state index in [1.165, 1.54) is 6.42 Å². The highest BCUT2D eigenvalue weighted by Gasteiger charge is 2.14. The lowest BCUT2D eigenvalue weighted by Crippen LogP contribution is -2.33. The largest absolute Gasteiger partial charge is 0.381 e. The molecule has 2 unspecified atom stereocenters. The molecule has 1 saturated heterocycles. The van der Waals surface area contributed by atoms with E-state index in [9.17, 15) is 4.79 Å². The Morgan fingerprint density at radius 1 is 1.62 bits per heavy atom. The summed E-state index contributed by atoms with van der Waals surface area (Å²) >= 11 is 0. The zero-order valence-corrected chi connectivity index (χ0v) is 10.2. The predicted octanol–water partition coefficient (Wildman–Crippen LogP) is 1.05. The van der Waals surface area contributed by atoms with Crippen LogP contribution in [0.1, 0.15) is 39.0 Å². The SMILES string of the molecule is CC(N)CCCC(=O)NCC1CCCOC1. The molecule has 1 fully saturated rings. The molecule has 1 amide bonds. The molecular weight excluding hydrogens is 204 g/mol. The monoisotopic (exact) mass is 228 g/mol. The fraction of sp³-hybridized carbons (Fsp3) is 0.917. The second-order valence-corrected chi connectivity index (χ2v) is 4.76. The number of carbonyl (C=O) groups is 1. The summed E-state index contributed by atoms with van der Waals surface area (Å²) in [6.07, 6.45) is 4.67. The Hall–Kier alpha value is -0.610. The van der Waals surface area contributed by atoms with Crippen molar-refractivity contribution in [1.82, 2.24) is 5.32 Å². The van der Waals surface area contributed by atoms with Crippen LogP contribution in [0.2, 0.25) is 0 Å². The van der Waals surface area contributed by atoms with Crippen molar-refractivity contribution >= 4 is 5.91 Å². The van der Waals surface area contributed by atoms with Crippen LogP contribution in [-0.2, 0) is 9.53 Å². The number of carbonyl (C=O) groups excluding carboxylic acids is 1. The van der Waals surface area contributed by atoms with Crippen molar-refractivity contribution in [2.75, 3.05) is 19.8 Å². The van der Waals surface area contributed by atoms with Crippen LogP contribution in [0.25, 0.3) is 0 Å². The molecule has 3 N–H and O–H groups in total. The lowest BCUT2D eigenvalue weighted by molar-refractivity contribution is -0.121. The van der Waals surface area contributed by atoms with Gasteiger partial charge in [-0.1, -0.05) is 0 Å². The van der Waals surface area contributed by atoms with Crippen LogP contribution in [-0.4, -0.2) is 31.7 Å². The van der Waals surface area contributed by atoms with E-state index in [0.29, 0.717) is 12.3 Å². The maximum Gasteiger partial charge on any atom is 0.220 e. The van der Waals surface area contributed by atoms with Gasteiger partial charge in [-0.25, -0.2) is 0 Å². The van der Waals surface area contributed by atoms with Crippen molar-refractivity contribution in [2.45, 2.75) is 45.1 Å². The second kappa shape index (κ2) is 7.63. The zero-order valence-electron chi connectivity index (χ0n) is 10.2. The van der Waals surface area contributed by atoms with E-state index >= 15 is 0 Å². The predicted molar refractivity (Wildman–Crippen MR) is 64.1 cm³/mol. The van der Waals surface area contributed by atoms with Gasteiger partial charge in [0.25, 0.3) is 0 Å². The van der Waals surface area contributed by atoms with Crippen LogP contribution < -0.4 is 11.1 Å². The average Bonchev–Trinajstić information content (AvgIpc) is 2.27. The minimum Gasteiger partial charge on any atom is -0.381 e. The molecule has 0 aromatic rings. The average molecular weight is 228 g/mol. The molecule has 94 valence electrons. The molecule has 0 saturated carbocycles. The molecule has 2 atom stereocenters. The molecule has 0 spiro atoms. The van der Waals surface area contributed by atoms with Gasteiger partial charge < -0.3 is 15.8 Å². The van der Waals surface area contributed by atoms with E-state index in [-0.39, 0.29) is 11.9 Å². The Labute approximate surface area is 97.9 Å². The van der Waals surface area contributed by atoms with Crippen molar-refractivity contribution in [3.05, 3.63) is 0 Å². The highest BCUT2D eigenvalue weighted by molar-refractivity contribution is 5.75. The molecule has 1 aliphatic heterocycles. The Morgan fingerprint density at radius 3 is 3.06 bits per heavy atom. The van der Waals surface area contributed by atoms with Gasteiger partial charge in [0.1, 0.15) is 0 Å². The molecule has 0 aliphatic carbocycles. The van der Waals surface area contributed by atoms with Gasteiger partial charge in [-0.3, -0.25) is 4.79 Å². The summed E-state index contributed by atoms with van der Waals surface area (Å²) < 4.78 is 5.36. The van der Waals surface area contributed by atoms with Gasteiger partial charge in [0.2, 0.25) is 5.91 Å². The normalized spacial score (nSPS) is 22.8. The number of amides is 1. The van der Waals surface area contributed by atoms with Gasteiger partial charge in [0.05, 0.1) is 6.61 Å². The smallest absolute Gasteiger partial charge is 0.220 e. The first-order chi connectivity index (χ1) is 7.68. The lowest BCUT2D eigenvalue weighted by atomic mass is 10.0. The number of nitrogens with one attached hydrogen (secondary N) is 1. The van der Waals surface area contributed by atoms with E-state index in [4.69, 9.17) is 10.5 Å². The first-order valence-electron chi connectivity index (χ1n) is 6.28. The summed E-state index contributed by atoms with van der Waals surface area (Å²) in [5.41, 5.74) is 5.62. The highest BCUT2D eigenvalue weighted by atomic mass is 16.5. The maximum atomic E-state index is 11.5. The first-order valence-corrected chi connectivity index (χ1v) is 6.28. The minimum atomic E-state index is 0.145. The fourth-order valence-electron chi connectivity index (χ4n) is 1.90. The number of nitrogens with two attached hydrogens (primary N) is 1. The van der Waals surface area contributed by atoms with Crippen LogP contribution in [0, 0.1) is 5.92 Å². The van der Waals surface area contributed by atoms with Crippen LogP contribution in [0.3, 0.4) is 0 Å². The van der Waals surface area contributed by atoms with Crippen molar-refractivity contribution in [1.29, 1.82) is 0 Å². The molecule has 1 aliphatic rings. The third-order valence-electron chi connectivity index (χ3n) is 2.91. The fourth-order valence-corrected chi connectivity index (χ4v) is 1.90. The van der Waals surface area contributed by atoms with Crippen LogP contribution >= 0.6 is 0 Å². The Bertz CT molecular complexity index is 201. The second-order valence-electron chi connectivity index (χ2n) is 4.76. The van der Waals surface area contributed by atoms with Gasteiger partial charge in [-0.2, -0.15) is 0 Å². The van der Waals surface area contributed by atoms with Crippen molar-refractivity contribution in [3.63, 3.8) is 0 Å². The van der Waals surface area contributed by atoms with Crippen molar-refractivity contribution in [3.8, 4) is 0 Å². The summed E-state index contributed by atoms with van der Waals surface area (Å²) in [7, 11) is 0. The molecule has 0 aromatic heterocycles. The minimum absolute atomic E-state index is 0.145. The van der Waals surface area contributed by atoms with Gasteiger partial charge in [-0.15, -0.1) is 0 Å². The van der Waals surface area contributed by atoms with Gasteiger partial charge in [0, 0.05) is 25.6 Å². The molecular formula is C12H24N2O2. The molecule has 1 heterocycles. The number of hydrogen-bond donors (Lipinski definition) is 2. The van der Waals surface area contributed by atoms with Crippen molar-refractivity contribution < 1.29 is 9.53 Å². The highest BCUT2D eigenvalue weighted by Crippen LogP contribution is 2.12.